The van der Waals surface area contributed by atoms with Crippen LogP contribution in [0.2, 0.25) is 6.04 Å². The monoisotopic (exact) mass is 332 g/mol. The van der Waals surface area contributed by atoms with Gasteiger partial charge in [0, 0.05) is 36.8 Å². The van der Waals surface area contributed by atoms with Crippen molar-refractivity contribution in [3.8, 4) is 0 Å². The van der Waals surface area contributed by atoms with Gasteiger partial charge in [0.2, 0.25) is 0 Å². The summed E-state index contributed by atoms with van der Waals surface area (Å²) in [6.45, 7) is 7.34. The highest BCUT2D eigenvalue weighted by Gasteiger charge is 2.41. The van der Waals surface area contributed by atoms with Gasteiger partial charge in [-0.2, -0.15) is 0 Å². The SMILES string of the molecule is CCO[Si](CCCC1CC(=O)OC1=O)(OCC)OCC.[Si]. The number of rotatable bonds is 10. The zero-order chi connectivity index (χ0) is 15.0. The average Bonchev–Trinajstić information content (AvgIpc) is 2.69. The molecule has 0 aromatic rings. The van der Waals surface area contributed by atoms with Gasteiger partial charge in [0.1, 0.15) is 0 Å². The summed E-state index contributed by atoms with van der Waals surface area (Å²) < 4.78 is 21.7. The van der Waals surface area contributed by atoms with Crippen LogP contribution in [0.5, 0.6) is 0 Å². The Labute approximate surface area is 131 Å². The van der Waals surface area contributed by atoms with Crippen molar-refractivity contribution in [2.45, 2.75) is 46.1 Å². The first-order valence-corrected chi connectivity index (χ1v) is 9.16. The molecule has 8 heteroatoms. The van der Waals surface area contributed by atoms with Crippen molar-refractivity contribution in [1.29, 1.82) is 0 Å². The number of ether oxygens (including phenoxy) is 1. The lowest BCUT2D eigenvalue weighted by Gasteiger charge is -2.28. The fourth-order valence-electron chi connectivity index (χ4n) is 2.31. The van der Waals surface area contributed by atoms with Gasteiger partial charge in [-0.25, -0.2) is 0 Å². The third kappa shape index (κ3) is 6.39. The van der Waals surface area contributed by atoms with Crippen molar-refractivity contribution in [2.75, 3.05) is 19.8 Å². The van der Waals surface area contributed by atoms with E-state index < -0.39 is 20.7 Å². The van der Waals surface area contributed by atoms with Gasteiger partial charge in [0.25, 0.3) is 0 Å². The van der Waals surface area contributed by atoms with Gasteiger partial charge in [-0.05, 0) is 33.6 Å². The second-order valence-electron chi connectivity index (χ2n) is 4.57. The van der Waals surface area contributed by atoms with Crippen LogP contribution in [0.4, 0.5) is 0 Å². The predicted molar refractivity (Wildman–Crippen MR) is 79.6 cm³/mol. The Balaban J connectivity index is 0.00000400. The Morgan fingerprint density at radius 1 is 1.10 bits per heavy atom. The quantitative estimate of drug-likeness (QED) is 0.343. The first-order valence-electron chi connectivity index (χ1n) is 7.23. The van der Waals surface area contributed by atoms with E-state index in [0.29, 0.717) is 32.3 Å². The summed E-state index contributed by atoms with van der Waals surface area (Å²) in [5, 5.41) is 0. The van der Waals surface area contributed by atoms with Crippen LogP contribution in [0, 0.1) is 5.92 Å². The molecule has 0 saturated carbocycles. The van der Waals surface area contributed by atoms with E-state index in [-0.39, 0.29) is 23.3 Å². The second kappa shape index (κ2) is 10.2. The maximum absolute atomic E-state index is 11.4. The largest absolute Gasteiger partial charge is 0.500 e. The van der Waals surface area contributed by atoms with Gasteiger partial charge >= 0.3 is 20.7 Å². The van der Waals surface area contributed by atoms with Crippen molar-refractivity contribution in [1.82, 2.24) is 0 Å². The van der Waals surface area contributed by atoms with Crippen LogP contribution in [-0.2, 0) is 27.6 Å². The molecule has 21 heavy (non-hydrogen) atoms. The average molecular weight is 333 g/mol. The molecule has 1 fully saturated rings. The number of carbonyl (C=O) groups excluding carboxylic acids is 2. The number of esters is 2. The minimum atomic E-state index is -2.64. The molecule has 4 radical (unpaired) electrons. The molecule has 0 N–H and O–H groups in total. The number of cyclic esters (lactones) is 2. The summed E-state index contributed by atoms with van der Waals surface area (Å²) in [6.07, 6.45) is 1.51. The summed E-state index contributed by atoms with van der Waals surface area (Å²) in [5.74, 6) is -1.16. The summed E-state index contributed by atoms with van der Waals surface area (Å²) in [5.41, 5.74) is 0. The van der Waals surface area contributed by atoms with Gasteiger partial charge in [-0.1, -0.05) is 0 Å². The molecule has 6 nitrogen and oxygen atoms in total. The predicted octanol–water partition coefficient (Wildman–Crippen LogP) is 1.52. The first kappa shape index (κ1) is 20.5. The van der Waals surface area contributed by atoms with E-state index in [1.54, 1.807) is 0 Å². The Morgan fingerprint density at radius 3 is 2.00 bits per heavy atom. The Morgan fingerprint density at radius 2 is 1.62 bits per heavy atom. The van der Waals surface area contributed by atoms with Crippen LogP contribution >= 0.6 is 0 Å². The fourth-order valence-corrected chi connectivity index (χ4v) is 4.95. The van der Waals surface area contributed by atoms with E-state index in [4.69, 9.17) is 13.3 Å². The summed E-state index contributed by atoms with van der Waals surface area (Å²) in [6, 6.07) is 0.653. The molecule has 0 spiro atoms. The maximum Gasteiger partial charge on any atom is 0.500 e. The van der Waals surface area contributed by atoms with E-state index in [0.717, 1.165) is 6.42 Å². The molecular formula is C13H24O6Si2. The summed E-state index contributed by atoms with van der Waals surface area (Å²) in [4.78, 5) is 22.4. The van der Waals surface area contributed by atoms with Crippen molar-refractivity contribution in [2.24, 2.45) is 5.92 Å². The van der Waals surface area contributed by atoms with E-state index >= 15 is 0 Å². The van der Waals surface area contributed by atoms with Crippen LogP contribution in [0.25, 0.3) is 0 Å². The van der Waals surface area contributed by atoms with Gasteiger partial charge in [0.15, 0.2) is 0 Å². The molecule has 1 heterocycles. The molecule has 0 amide bonds. The van der Waals surface area contributed by atoms with Crippen LogP contribution in [0.1, 0.15) is 40.0 Å². The molecule has 1 unspecified atom stereocenters. The number of carbonyl (C=O) groups is 2. The van der Waals surface area contributed by atoms with Crippen LogP contribution in [0.15, 0.2) is 0 Å². The highest BCUT2D eigenvalue weighted by Crippen LogP contribution is 2.25. The van der Waals surface area contributed by atoms with Gasteiger partial charge in [-0.3, -0.25) is 9.59 Å². The smallest absolute Gasteiger partial charge is 0.393 e. The highest BCUT2D eigenvalue weighted by atomic mass is 28.4. The van der Waals surface area contributed by atoms with Crippen molar-refractivity contribution >= 4 is 31.7 Å². The molecule has 0 bridgehead atoms. The van der Waals surface area contributed by atoms with Crippen LogP contribution in [-0.4, -0.2) is 51.5 Å². The maximum atomic E-state index is 11.4. The molecule has 0 aromatic carbocycles. The minimum Gasteiger partial charge on any atom is -0.393 e. The lowest BCUT2D eigenvalue weighted by Crippen LogP contribution is -2.46. The van der Waals surface area contributed by atoms with Crippen LogP contribution in [0.3, 0.4) is 0 Å². The zero-order valence-corrected chi connectivity index (χ0v) is 15.0. The molecule has 1 aliphatic rings. The molecule has 1 rings (SSSR count). The lowest BCUT2D eigenvalue weighted by molar-refractivity contribution is -0.153. The topological polar surface area (TPSA) is 71.1 Å². The lowest BCUT2D eigenvalue weighted by atomic mass is 10.0. The van der Waals surface area contributed by atoms with Crippen molar-refractivity contribution in [3.63, 3.8) is 0 Å². The van der Waals surface area contributed by atoms with Gasteiger partial charge in [0.05, 0.1) is 12.3 Å². The number of hydrogen-bond donors (Lipinski definition) is 0. The second-order valence-corrected chi connectivity index (χ2v) is 7.30. The third-order valence-electron chi connectivity index (χ3n) is 3.09. The van der Waals surface area contributed by atoms with Crippen molar-refractivity contribution < 1.29 is 27.6 Å². The minimum absolute atomic E-state index is 0. The number of hydrogen-bond acceptors (Lipinski definition) is 6. The molecule has 1 saturated heterocycles. The zero-order valence-electron chi connectivity index (χ0n) is 13.0. The van der Waals surface area contributed by atoms with E-state index in [1.807, 2.05) is 20.8 Å². The first-order chi connectivity index (χ1) is 9.56. The van der Waals surface area contributed by atoms with Gasteiger partial charge in [-0.15, -0.1) is 0 Å². The fraction of sp³-hybridized carbons (Fsp3) is 0.846. The molecule has 1 aliphatic heterocycles. The Kier molecular flexibility index (Phi) is 9.96. The van der Waals surface area contributed by atoms with Crippen LogP contribution < -0.4 is 0 Å². The van der Waals surface area contributed by atoms with Gasteiger partial charge < -0.3 is 18.0 Å². The molecule has 120 valence electrons. The molecule has 0 aromatic heterocycles. The van der Waals surface area contributed by atoms with Crippen molar-refractivity contribution in [3.05, 3.63) is 0 Å². The van der Waals surface area contributed by atoms with E-state index in [1.165, 1.54) is 0 Å². The molecule has 1 atom stereocenters. The standard InChI is InChI=1S/C13H24O6Si.Si/c1-4-16-20(17-5-2,18-6-3)9-7-8-11-10-12(14)19-13(11)15;/h11H,4-10H2,1-3H3;. The molecular weight excluding hydrogens is 308 g/mol. The Bertz CT molecular complexity index is 320. The normalized spacial score (nSPS) is 18.5. The summed E-state index contributed by atoms with van der Waals surface area (Å²) >= 11 is 0. The Hall–Kier alpha value is -0.546. The molecule has 0 aliphatic carbocycles. The summed E-state index contributed by atoms with van der Waals surface area (Å²) in [7, 11) is -2.64. The third-order valence-corrected chi connectivity index (χ3v) is 6.24. The van der Waals surface area contributed by atoms with E-state index in [9.17, 15) is 9.59 Å². The van der Waals surface area contributed by atoms with E-state index in [2.05, 4.69) is 4.74 Å². The highest BCUT2D eigenvalue weighted by molar-refractivity contribution is 6.60.